The summed E-state index contributed by atoms with van der Waals surface area (Å²) in [5.74, 6) is 0. The summed E-state index contributed by atoms with van der Waals surface area (Å²) >= 11 is 0. The van der Waals surface area contributed by atoms with E-state index in [1.54, 1.807) is 0 Å². The molecule has 8 aromatic carbocycles. The predicted octanol–water partition coefficient (Wildman–Crippen LogP) is 12.2. The molecule has 2 heteroatoms. The Hall–Kier alpha value is -5.86. The Kier molecular flexibility index (Phi) is 5.54. The molecule has 0 amide bonds. The van der Waals surface area contributed by atoms with E-state index in [4.69, 9.17) is 4.42 Å². The van der Waals surface area contributed by atoms with Crippen molar-refractivity contribution in [2.75, 3.05) is 4.90 Å². The third-order valence-corrected chi connectivity index (χ3v) is 8.83. The van der Waals surface area contributed by atoms with Gasteiger partial charge in [0.25, 0.3) is 0 Å². The minimum atomic E-state index is 0.899. The van der Waals surface area contributed by atoms with Gasteiger partial charge in [-0.2, -0.15) is 0 Å². The molecule has 0 aliphatic heterocycles. The lowest BCUT2D eigenvalue weighted by molar-refractivity contribution is 0.669. The van der Waals surface area contributed by atoms with Crippen LogP contribution < -0.4 is 4.90 Å². The van der Waals surface area contributed by atoms with Crippen molar-refractivity contribution in [3.8, 4) is 11.1 Å². The molecule has 0 fully saturated rings. The van der Waals surface area contributed by atoms with Crippen LogP contribution in [0.4, 0.5) is 17.1 Å². The highest BCUT2D eigenvalue weighted by molar-refractivity contribution is 6.17. The van der Waals surface area contributed by atoms with Gasteiger partial charge in [-0.3, -0.25) is 0 Å². The van der Waals surface area contributed by atoms with Crippen LogP contribution in [0, 0.1) is 0 Å². The fourth-order valence-corrected chi connectivity index (χ4v) is 6.69. The van der Waals surface area contributed by atoms with Crippen LogP contribution in [0.5, 0.6) is 0 Å². The van der Waals surface area contributed by atoms with E-state index >= 15 is 0 Å². The minimum Gasteiger partial charge on any atom is -0.456 e. The average molecular weight is 562 g/mol. The Morgan fingerprint density at radius 3 is 1.75 bits per heavy atom. The number of furan rings is 1. The molecular formula is C42H27NO. The maximum Gasteiger partial charge on any atom is 0.135 e. The predicted molar refractivity (Wildman–Crippen MR) is 186 cm³/mol. The van der Waals surface area contributed by atoms with E-state index in [0.717, 1.165) is 39.0 Å². The Bertz CT molecular complexity index is 2490. The third kappa shape index (κ3) is 3.96. The van der Waals surface area contributed by atoms with Crippen molar-refractivity contribution in [1.82, 2.24) is 0 Å². The van der Waals surface area contributed by atoms with Crippen molar-refractivity contribution in [3.63, 3.8) is 0 Å². The molecule has 9 rings (SSSR count). The Labute approximate surface area is 255 Å². The Morgan fingerprint density at radius 1 is 0.318 bits per heavy atom. The molecule has 1 heterocycles. The largest absolute Gasteiger partial charge is 0.456 e. The lowest BCUT2D eigenvalue weighted by Gasteiger charge is -2.25. The molecule has 0 aliphatic rings. The molecule has 0 saturated heterocycles. The van der Waals surface area contributed by atoms with Crippen molar-refractivity contribution in [3.05, 3.63) is 164 Å². The number of fused-ring (bicyclic) bond motifs is 8. The van der Waals surface area contributed by atoms with E-state index in [0.29, 0.717) is 0 Å². The zero-order valence-corrected chi connectivity index (χ0v) is 23.9. The number of anilines is 3. The van der Waals surface area contributed by atoms with E-state index in [9.17, 15) is 0 Å². The van der Waals surface area contributed by atoms with Gasteiger partial charge in [0.05, 0.1) is 0 Å². The van der Waals surface area contributed by atoms with E-state index < -0.39 is 0 Å². The molecule has 44 heavy (non-hydrogen) atoms. The summed E-state index contributed by atoms with van der Waals surface area (Å²) in [4.78, 5) is 2.31. The van der Waals surface area contributed by atoms with Crippen LogP contribution in [0.3, 0.4) is 0 Å². The summed E-state index contributed by atoms with van der Waals surface area (Å²) in [5.41, 5.74) is 7.51. The van der Waals surface area contributed by atoms with Crippen molar-refractivity contribution < 1.29 is 4.42 Å². The lowest BCUT2D eigenvalue weighted by Crippen LogP contribution is -2.09. The first-order valence-electron chi connectivity index (χ1n) is 15.0. The van der Waals surface area contributed by atoms with Gasteiger partial charge in [0, 0.05) is 27.8 Å². The molecule has 0 spiro atoms. The molecule has 0 N–H and O–H groups in total. The molecule has 206 valence electrons. The zero-order chi connectivity index (χ0) is 29.0. The standard InChI is InChI=1S/C42H27NO/c1-2-9-32(10-3-1)43(34-21-25-42-40(27-34)39-12-6-7-13-41(39)44-42)33-19-14-28(15-20-33)30-17-22-36-31(26-30)18-24-37-35-11-5-4-8-29(35)16-23-38(36)37/h1-27H. The van der Waals surface area contributed by atoms with Crippen LogP contribution in [-0.2, 0) is 0 Å². The van der Waals surface area contributed by atoms with Gasteiger partial charge in [-0.05, 0) is 98.0 Å². The second-order valence-electron chi connectivity index (χ2n) is 11.4. The van der Waals surface area contributed by atoms with Crippen molar-refractivity contribution >= 4 is 71.3 Å². The molecule has 1 aromatic heterocycles. The van der Waals surface area contributed by atoms with E-state index in [1.165, 1.54) is 43.4 Å². The number of hydrogen-bond donors (Lipinski definition) is 0. The van der Waals surface area contributed by atoms with Gasteiger partial charge in [0.2, 0.25) is 0 Å². The summed E-state index contributed by atoms with van der Waals surface area (Å²) in [5, 5.41) is 9.96. The number of rotatable bonds is 4. The third-order valence-electron chi connectivity index (χ3n) is 8.83. The number of para-hydroxylation sites is 2. The molecule has 2 nitrogen and oxygen atoms in total. The summed E-state index contributed by atoms with van der Waals surface area (Å²) in [7, 11) is 0. The topological polar surface area (TPSA) is 16.4 Å². The fraction of sp³-hybridized carbons (Fsp3) is 0. The monoisotopic (exact) mass is 561 g/mol. The van der Waals surface area contributed by atoms with Crippen molar-refractivity contribution in [2.24, 2.45) is 0 Å². The highest BCUT2D eigenvalue weighted by Gasteiger charge is 2.15. The molecule has 0 saturated carbocycles. The summed E-state index contributed by atoms with van der Waals surface area (Å²) < 4.78 is 6.12. The first kappa shape index (κ1) is 24.7. The van der Waals surface area contributed by atoms with Crippen LogP contribution >= 0.6 is 0 Å². The number of benzene rings is 8. The second kappa shape index (κ2) is 9.86. The zero-order valence-electron chi connectivity index (χ0n) is 23.9. The van der Waals surface area contributed by atoms with Gasteiger partial charge in [-0.1, -0.05) is 109 Å². The molecule has 0 atom stereocenters. The Morgan fingerprint density at radius 2 is 0.909 bits per heavy atom. The van der Waals surface area contributed by atoms with Crippen LogP contribution in [0.15, 0.2) is 168 Å². The van der Waals surface area contributed by atoms with Crippen molar-refractivity contribution in [2.45, 2.75) is 0 Å². The quantitative estimate of drug-likeness (QED) is 0.199. The molecular weight excluding hydrogens is 534 g/mol. The van der Waals surface area contributed by atoms with E-state index in [2.05, 4.69) is 157 Å². The second-order valence-corrected chi connectivity index (χ2v) is 11.4. The van der Waals surface area contributed by atoms with Gasteiger partial charge < -0.3 is 9.32 Å². The highest BCUT2D eigenvalue weighted by Crippen LogP contribution is 2.40. The summed E-state index contributed by atoms with van der Waals surface area (Å²) in [6.07, 6.45) is 0. The Balaban J connectivity index is 1.12. The van der Waals surface area contributed by atoms with E-state index in [-0.39, 0.29) is 0 Å². The maximum absolute atomic E-state index is 6.12. The van der Waals surface area contributed by atoms with Gasteiger partial charge in [-0.25, -0.2) is 0 Å². The van der Waals surface area contributed by atoms with Gasteiger partial charge in [0.15, 0.2) is 0 Å². The first-order chi connectivity index (χ1) is 21.8. The van der Waals surface area contributed by atoms with Gasteiger partial charge in [-0.15, -0.1) is 0 Å². The highest BCUT2D eigenvalue weighted by atomic mass is 16.3. The van der Waals surface area contributed by atoms with Crippen molar-refractivity contribution in [1.29, 1.82) is 0 Å². The number of hydrogen-bond acceptors (Lipinski definition) is 2. The van der Waals surface area contributed by atoms with Crippen LogP contribution in [0.2, 0.25) is 0 Å². The average Bonchev–Trinajstić information content (AvgIpc) is 3.47. The smallest absolute Gasteiger partial charge is 0.135 e. The lowest BCUT2D eigenvalue weighted by atomic mass is 9.95. The fourth-order valence-electron chi connectivity index (χ4n) is 6.69. The minimum absolute atomic E-state index is 0.899. The van der Waals surface area contributed by atoms with E-state index in [1.807, 2.05) is 12.1 Å². The molecule has 0 bridgehead atoms. The van der Waals surface area contributed by atoms with Gasteiger partial charge in [0.1, 0.15) is 11.2 Å². The number of nitrogens with zero attached hydrogens (tertiary/aromatic N) is 1. The SMILES string of the molecule is c1ccc(N(c2ccc(-c3ccc4c(ccc5c6ccccc6ccc45)c3)cc2)c2ccc3oc4ccccc4c3c2)cc1. The molecule has 9 aromatic rings. The molecule has 0 radical (unpaired) electrons. The van der Waals surface area contributed by atoms with Crippen LogP contribution in [0.25, 0.3) is 65.4 Å². The van der Waals surface area contributed by atoms with Crippen LogP contribution in [-0.4, -0.2) is 0 Å². The molecule has 0 unspecified atom stereocenters. The summed E-state index contributed by atoms with van der Waals surface area (Å²) in [6.45, 7) is 0. The normalized spacial score (nSPS) is 11.6. The maximum atomic E-state index is 6.12. The molecule has 0 aliphatic carbocycles. The van der Waals surface area contributed by atoms with Crippen LogP contribution in [0.1, 0.15) is 0 Å². The van der Waals surface area contributed by atoms with Gasteiger partial charge >= 0.3 is 0 Å². The first-order valence-corrected chi connectivity index (χ1v) is 15.0. The summed E-state index contributed by atoms with van der Waals surface area (Å²) in [6, 6.07) is 58.6.